The molecule has 1 N–H and O–H groups in total. The van der Waals surface area contributed by atoms with Crippen LogP contribution in [0.25, 0.3) is 0 Å². The summed E-state index contributed by atoms with van der Waals surface area (Å²) >= 11 is 0. The van der Waals surface area contributed by atoms with E-state index in [2.05, 4.69) is 15.0 Å². The Morgan fingerprint density at radius 2 is 1.74 bits per heavy atom. The van der Waals surface area contributed by atoms with Gasteiger partial charge in [0.15, 0.2) is 0 Å². The summed E-state index contributed by atoms with van der Waals surface area (Å²) in [4.78, 5) is 29.8. The molecule has 0 spiro atoms. The third kappa shape index (κ3) is 5.58. The third-order valence-electron chi connectivity index (χ3n) is 2.68. The highest BCUT2D eigenvalue weighted by Gasteiger charge is 2.20. The average Bonchev–Trinajstić information content (AvgIpc) is 2.40. The molecule has 0 aromatic rings. The van der Waals surface area contributed by atoms with Gasteiger partial charge in [-0.05, 0) is 12.8 Å². The molecule has 110 valence electrons. The zero-order chi connectivity index (χ0) is 15.0. The summed E-state index contributed by atoms with van der Waals surface area (Å²) in [7, 11) is 6.19. The molecule has 0 saturated carbocycles. The number of amides is 3. The van der Waals surface area contributed by atoms with Gasteiger partial charge in [0.1, 0.15) is 0 Å². The lowest BCUT2D eigenvalue weighted by atomic mass is 10.2. The minimum Gasteiger partial charge on any atom is -0.451 e. The first-order chi connectivity index (χ1) is 8.87. The van der Waals surface area contributed by atoms with Crippen molar-refractivity contribution < 1.29 is 14.3 Å². The highest BCUT2D eigenvalue weighted by Crippen LogP contribution is 2.00. The molecular weight excluding hydrogens is 248 g/mol. The molecule has 7 heteroatoms. The lowest BCUT2D eigenvalue weighted by molar-refractivity contribution is 0.181. The van der Waals surface area contributed by atoms with Crippen molar-refractivity contribution in [2.24, 2.45) is 4.99 Å². The average molecular weight is 272 g/mol. The minimum absolute atomic E-state index is 0.108. The summed E-state index contributed by atoms with van der Waals surface area (Å²) in [5, 5.41) is 2.87. The second kappa shape index (κ2) is 8.34. The second-order valence-electron chi connectivity index (χ2n) is 4.30. The van der Waals surface area contributed by atoms with Crippen molar-refractivity contribution >= 4 is 18.1 Å². The third-order valence-corrected chi connectivity index (χ3v) is 2.68. The Hall–Kier alpha value is -1.79. The number of methoxy groups -OCH3 is 1. The monoisotopic (exact) mass is 272 g/mol. The van der Waals surface area contributed by atoms with Crippen LogP contribution in [0.4, 0.5) is 9.59 Å². The van der Waals surface area contributed by atoms with Crippen LogP contribution in [-0.4, -0.2) is 62.2 Å². The molecule has 0 radical (unpaired) electrons. The van der Waals surface area contributed by atoms with Gasteiger partial charge >= 0.3 is 12.1 Å². The van der Waals surface area contributed by atoms with Crippen LogP contribution in [0, 0.1) is 0 Å². The number of carbonyl (C=O) groups excluding carboxylic acids is 2. The van der Waals surface area contributed by atoms with Gasteiger partial charge in [0.05, 0.1) is 7.11 Å². The quantitative estimate of drug-likeness (QED) is 0.624. The molecule has 19 heavy (non-hydrogen) atoms. The van der Waals surface area contributed by atoms with Gasteiger partial charge in [-0.1, -0.05) is 13.8 Å². The Kier molecular flexibility index (Phi) is 7.55. The largest absolute Gasteiger partial charge is 0.451 e. The van der Waals surface area contributed by atoms with Gasteiger partial charge in [0.25, 0.3) is 0 Å². The molecule has 0 fully saturated rings. The standard InChI is InChI=1S/C12H24N4O3/c1-7-9(8-2)13-11(17)16(5)10(15(3)4)14-12(18)19-6/h9H,7-8H2,1-6H3,(H,13,17)/b14-10-. The number of nitrogens with zero attached hydrogens (tertiary/aromatic N) is 3. The Morgan fingerprint density at radius 1 is 1.21 bits per heavy atom. The fraction of sp³-hybridized carbons (Fsp3) is 0.750. The summed E-state index contributed by atoms with van der Waals surface area (Å²) in [5.41, 5.74) is 0. The van der Waals surface area contributed by atoms with E-state index in [0.29, 0.717) is 0 Å². The van der Waals surface area contributed by atoms with Crippen LogP contribution in [0.3, 0.4) is 0 Å². The molecule has 0 rings (SSSR count). The smallest absolute Gasteiger partial charge is 0.436 e. The molecule has 0 aromatic carbocycles. The highest BCUT2D eigenvalue weighted by atomic mass is 16.5. The van der Waals surface area contributed by atoms with Crippen LogP contribution in [0.5, 0.6) is 0 Å². The topological polar surface area (TPSA) is 74.2 Å². The van der Waals surface area contributed by atoms with Crippen molar-refractivity contribution in [3.63, 3.8) is 0 Å². The van der Waals surface area contributed by atoms with E-state index in [1.165, 1.54) is 12.0 Å². The Balaban J connectivity index is 4.91. The van der Waals surface area contributed by atoms with Crippen molar-refractivity contribution in [2.45, 2.75) is 32.7 Å². The van der Waals surface area contributed by atoms with Crippen molar-refractivity contribution in [1.29, 1.82) is 0 Å². The van der Waals surface area contributed by atoms with Crippen LogP contribution in [0.1, 0.15) is 26.7 Å². The van der Waals surface area contributed by atoms with Crippen molar-refractivity contribution in [1.82, 2.24) is 15.1 Å². The molecule has 0 saturated heterocycles. The molecule has 0 aromatic heterocycles. The maximum absolute atomic E-state index is 12.0. The lowest BCUT2D eigenvalue weighted by Crippen LogP contribution is -2.49. The number of hydrogen-bond acceptors (Lipinski definition) is 3. The van der Waals surface area contributed by atoms with Gasteiger partial charge in [0, 0.05) is 27.2 Å². The fourth-order valence-corrected chi connectivity index (χ4v) is 1.46. The fourth-order valence-electron chi connectivity index (χ4n) is 1.46. The van der Waals surface area contributed by atoms with Gasteiger partial charge in [0.2, 0.25) is 5.96 Å². The molecule has 7 nitrogen and oxygen atoms in total. The maximum atomic E-state index is 12.0. The summed E-state index contributed by atoms with van der Waals surface area (Å²) in [6.45, 7) is 4.01. The number of urea groups is 1. The van der Waals surface area contributed by atoms with Crippen LogP contribution >= 0.6 is 0 Å². The van der Waals surface area contributed by atoms with Crippen molar-refractivity contribution in [3.8, 4) is 0 Å². The maximum Gasteiger partial charge on any atom is 0.436 e. The number of guanidine groups is 1. The van der Waals surface area contributed by atoms with Crippen LogP contribution in [0.2, 0.25) is 0 Å². The van der Waals surface area contributed by atoms with E-state index in [0.717, 1.165) is 12.8 Å². The molecule has 0 aliphatic rings. The molecule has 0 aliphatic carbocycles. The molecule has 0 bridgehead atoms. The first kappa shape index (κ1) is 17.2. The van der Waals surface area contributed by atoms with E-state index in [9.17, 15) is 9.59 Å². The Labute approximate surface area is 114 Å². The number of rotatable bonds is 3. The van der Waals surface area contributed by atoms with E-state index in [4.69, 9.17) is 0 Å². The van der Waals surface area contributed by atoms with Crippen LogP contribution < -0.4 is 5.32 Å². The van der Waals surface area contributed by atoms with Gasteiger partial charge in [-0.2, -0.15) is 0 Å². The van der Waals surface area contributed by atoms with Crippen molar-refractivity contribution in [3.05, 3.63) is 0 Å². The summed E-state index contributed by atoms with van der Waals surface area (Å²) in [5.74, 6) is 0.218. The number of carbonyl (C=O) groups is 2. The van der Waals surface area contributed by atoms with E-state index in [1.54, 1.807) is 26.0 Å². The van der Waals surface area contributed by atoms with Gasteiger partial charge < -0.3 is 15.0 Å². The van der Waals surface area contributed by atoms with Gasteiger partial charge in [-0.25, -0.2) is 9.59 Å². The summed E-state index contributed by atoms with van der Waals surface area (Å²) < 4.78 is 4.47. The number of ether oxygens (including phenoxy) is 1. The lowest BCUT2D eigenvalue weighted by Gasteiger charge is -2.26. The molecule has 0 atom stereocenters. The number of aliphatic imine (C=N–C) groups is 1. The zero-order valence-electron chi connectivity index (χ0n) is 12.6. The summed E-state index contributed by atoms with van der Waals surface area (Å²) in [6, 6.07) is -0.193. The predicted molar refractivity (Wildman–Crippen MR) is 74.2 cm³/mol. The summed E-state index contributed by atoms with van der Waals surface area (Å²) in [6.07, 6.45) is 0.953. The normalized spacial score (nSPS) is 11.2. The van der Waals surface area contributed by atoms with Gasteiger partial charge in [-0.3, -0.25) is 4.90 Å². The first-order valence-electron chi connectivity index (χ1n) is 6.25. The Morgan fingerprint density at radius 3 is 2.11 bits per heavy atom. The second-order valence-corrected chi connectivity index (χ2v) is 4.30. The van der Waals surface area contributed by atoms with Crippen LogP contribution in [0.15, 0.2) is 4.99 Å². The van der Waals surface area contributed by atoms with Crippen LogP contribution in [-0.2, 0) is 4.74 Å². The Bertz CT molecular complexity index is 338. The van der Waals surface area contributed by atoms with E-state index in [-0.39, 0.29) is 18.0 Å². The van der Waals surface area contributed by atoms with E-state index < -0.39 is 6.09 Å². The van der Waals surface area contributed by atoms with E-state index in [1.807, 2.05) is 13.8 Å². The predicted octanol–water partition coefficient (Wildman–Crippen LogP) is 1.50. The zero-order valence-corrected chi connectivity index (χ0v) is 12.6. The van der Waals surface area contributed by atoms with Crippen molar-refractivity contribution in [2.75, 3.05) is 28.3 Å². The number of nitrogens with one attached hydrogen (secondary N) is 1. The number of hydrogen-bond donors (Lipinski definition) is 1. The molecular formula is C12H24N4O3. The van der Waals surface area contributed by atoms with E-state index >= 15 is 0 Å². The molecule has 0 aliphatic heterocycles. The SMILES string of the molecule is CCC(CC)NC(=O)N(C)/C(=N\C(=O)OC)N(C)C. The molecule has 0 unspecified atom stereocenters. The minimum atomic E-state index is -0.745. The first-order valence-corrected chi connectivity index (χ1v) is 6.25. The molecule has 3 amide bonds. The highest BCUT2D eigenvalue weighted by molar-refractivity contribution is 5.99. The molecule has 0 heterocycles. The van der Waals surface area contributed by atoms with Gasteiger partial charge in [-0.15, -0.1) is 4.99 Å².